The van der Waals surface area contributed by atoms with Crippen molar-refractivity contribution in [2.45, 2.75) is 6.04 Å². The normalized spacial score (nSPS) is 12.0. The fourth-order valence-electron chi connectivity index (χ4n) is 3.39. The number of ketones is 1. The highest BCUT2D eigenvalue weighted by Gasteiger charge is 2.25. The van der Waals surface area contributed by atoms with E-state index in [1.54, 1.807) is 18.3 Å². The number of nitrogens with one attached hydrogen (secondary N) is 3. The average molecular weight is 469 g/mol. The Morgan fingerprint density at radius 2 is 1.80 bits per heavy atom. The van der Waals surface area contributed by atoms with Crippen LogP contribution in [-0.4, -0.2) is 34.4 Å². The highest BCUT2D eigenvalue weighted by molar-refractivity contribution is 9.10. The number of Topliss-reactive ketones (excluding diaryl/α,β-unsaturated/α-hetero) is 1. The number of aromatic nitrogens is 2. The van der Waals surface area contributed by atoms with Crippen LogP contribution in [0.1, 0.15) is 22.0 Å². The van der Waals surface area contributed by atoms with Crippen LogP contribution in [-0.2, 0) is 9.53 Å². The molecule has 4 rings (SSSR count). The summed E-state index contributed by atoms with van der Waals surface area (Å²) in [5, 5.41) is 4.13. The predicted molar refractivity (Wildman–Crippen MR) is 115 cm³/mol. The van der Waals surface area contributed by atoms with Crippen molar-refractivity contribution in [3.63, 3.8) is 0 Å². The number of aromatic amines is 2. The Balaban J connectivity index is 1.62. The SMILES string of the molecule is NC(=O)OCC(NC(=O)C(=O)c1c[nH]c2cc(Br)ccc12)c1c[nH]c2ccccc12. The maximum absolute atomic E-state index is 12.8. The number of para-hydroxylation sites is 1. The molecule has 0 spiro atoms. The second-order valence-electron chi connectivity index (χ2n) is 6.67. The van der Waals surface area contributed by atoms with Crippen LogP contribution in [0, 0.1) is 0 Å². The number of carbonyl (C=O) groups excluding carboxylic acids is 3. The summed E-state index contributed by atoms with van der Waals surface area (Å²) in [6.45, 7) is -0.211. The molecule has 2 amide bonds. The lowest BCUT2D eigenvalue weighted by molar-refractivity contribution is -0.118. The third-order valence-electron chi connectivity index (χ3n) is 4.79. The Labute approximate surface area is 178 Å². The van der Waals surface area contributed by atoms with E-state index in [4.69, 9.17) is 10.5 Å². The van der Waals surface area contributed by atoms with Crippen LogP contribution in [0.5, 0.6) is 0 Å². The molecule has 2 aromatic heterocycles. The average Bonchev–Trinajstić information content (AvgIpc) is 3.34. The number of H-pyrrole nitrogens is 2. The molecule has 2 heterocycles. The highest BCUT2D eigenvalue weighted by Crippen LogP contribution is 2.26. The number of fused-ring (bicyclic) bond motifs is 2. The zero-order valence-electron chi connectivity index (χ0n) is 15.6. The van der Waals surface area contributed by atoms with E-state index in [0.29, 0.717) is 10.9 Å². The summed E-state index contributed by atoms with van der Waals surface area (Å²) in [7, 11) is 0. The van der Waals surface area contributed by atoms with Crippen LogP contribution in [0.3, 0.4) is 0 Å². The molecule has 152 valence electrons. The van der Waals surface area contributed by atoms with E-state index < -0.39 is 23.8 Å². The van der Waals surface area contributed by atoms with Gasteiger partial charge in [-0.1, -0.05) is 40.2 Å². The van der Waals surface area contributed by atoms with Gasteiger partial charge in [0.1, 0.15) is 6.61 Å². The Kier molecular flexibility index (Phi) is 5.28. The van der Waals surface area contributed by atoms with Crippen LogP contribution < -0.4 is 11.1 Å². The first kappa shape index (κ1) is 19.7. The molecule has 30 heavy (non-hydrogen) atoms. The van der Waals surface area contributed by atoms with Gasteiger partial charge in [-0.2, -0.15) is 0 Å². The standard InChI is InChI=1S/C21H17BrN4O4/c22-11-5-6-13-15(9-25-17(13)7-11)19(27)20(28)26-18(10-30-21(23)29)14-8-24-16-4-2-1-3-12(14)16/h1-9,18,24-25H,10H2,(H2,23,29)(H,26,28). The summed E-state index contributed by atoms with van der Waals surface area (Å²) < 4.78 is 5.77. The third-order valence-corrected chi connectivity index (χ3v) is 5.28. The minimum atomic E-state index is -0.970. The molecular formula is C21H17BrN4O4. The zero-order valence-corrected chi connectivity index (χ0v) is 17.2. The van der Waals surface area contributed by atoms with Gasteiger partial charge in [0, 0.05) is 44.2 Å². The number of primary amides is 1. The number of benzene rings is 2. The largest absolute Gasteiger partial charge is 0.447 e. The van der Waals surface area contributed by atoms with Crippen molar-refractivity contribution >= 4 is 55.5 Å². The van der Waals surface area contributed by atoms with Gasteiger partial charge in [-0.3, -0.25) is 9.59 Å². The molecule has 0 bridgehead atoms. The topological polar surface area (TPSA) is 130 Å². The number of rotatable bonds is 6. The summed E-state index contributed by atoms with van der Waals surface area (Å²) in [5.41, 5.74) is 7.60. The molecule has 0 aliphatic rings. The maximum Gasteiger partial charge on any atom is 0.404 e. The first-order valence-electron chi connectivity index (χ1n) is 9.04. The molecule has 0 aliphatic heterocycles. The number of hydrogen-bond acceptors (Lipinski definition) is 4. The van der Waals surface area contributed by atoms with Crippen LogP contribution >= 0.6 is 15.9 Å². The van der Waals surface area contributed by atoms with Gasteiger partial charge in [0.25, 0.3) is 11.7 Å². The fraction of sp³-hybridized carbons (Fsp3) is 0.0952. The maximum atomic E-state index is 12.8. The lowest BCUT2D eigenvalue weighted by Crippen LogP contribution is -2.37. The van der Waals surface area contributed by atoms with Gasteiger partial charge in [-0.25, -0.2) is 4.79 Å². The molecule has 0 saturated heterocycles. The first-order valence-corrected chi connectivity index (χ1v) is 9.83. The lowest BCUT2D eigenvalue weighted by atomic mass is 10.0. The van der Waals surface area contributed by atoms with E-state index >= 15 is 0 Å². The number of halogens is 1. The van der Waals surface area contributed by atoms with Gasteiger partial charge in [-0.05, 0) is 18.2 Å². The minimum Gasteiger partial charge on any atom is -0.447 e. The number of ether oxygens (including phenoxy) is 1. The van der Waals surface area contributed by atoms with E-state index in [1.165, 1.54) is 6.20 Å². The smallest absolute Gasteiger partial charge is 0.404 e. The molecule has 8 nitrogen and oxygen atoms in total. The van der Waals surface area contributed by atoms with Crippen molar-refractivity contribution < 1.29 is 19.1 Å². The summed E-state index contributed by atoms with van der Waals surface area (Å²) >= 11 is 3.37. The van der Waals surface area contributed by atoms with Crippen LogP contribution in [0.2, 0.25) is 0 Å². The molecule has 9 heteroatoms. The summed E-state index contributed by atoms with van der Waals surface area (Å²) in [6, 6.07) is 12.1. The third kappa shape index (κ3) is 3.79. The molecule has 1 atom stereocenters. The molecular weight excluding hydrogens is 452 g/mol. The Bertz CT molecular complexity index is 1280. The molecule has 2 aromatic carbocycles. The fourth-order valence-corrected chi connectivity index (χ4v) is 3.75. The van der Waals surface area contributed by atoms with Crippen molar-refractivity contribution in [2.75, 3.05) is 6.61 Å². The summed E-state index contributed by atoms with van der Waals surface area (Å²) in [5.74, 6) is -1.52. The number of amides is 2. The van der Waals surface area contributed by atoms with Gasteiger partial charge in [-0.15, -0.1) is 0 Å². The van der Waals surface area contributed by atoms with Gasteiger partial charge in [0.05, 0.1) is 11.6 Å². The molecule has 0 saturated carbocycles. The molecule has 0 radical (unpaired) electrons. The molecule has 0 fully saturated rings. The second kappa shape index (κ2) is 8.03. The second-order valence-corrected chi connectivity index (χ2v) is 7.58. The molecule has 1 unspecified atom stereocenters. The van der Waals surface area contributed by atoms with Crippen molar-refractivity contribution in [1.29, 1.82) is 0 Å². The van der Waals surface area contributed by atoms with Gasteiger partial charge in [0.2, 0.25) is 0 Å². The van der Waals surface area contributed by atoms with Gasteiger partial charge < -0.3 is 25.8 Å². The monoisotopic (exact) mass is 468 g/mol. The summed E-state index contributed by atoms with van der Waals surface area (Å²) in [6.07, 6.45) is 2.23. The van der Waals surface area contributed by atoms with Crippen molar-refractivity contribution in [1.82, 2.24) is 15.3 Å². The molecule has 4 aromatic rings. The van der Waals surface area contributed by atoms with Crippen molar-refractivity contribution in [3.8, 4) is 0 Å². The Morgan fingerprint density at radius 3 is 2.60 bits per heavy atom. The number of carbonyl (C=O) groups is 3. The quantitative estimate of drug-likeness (QED) is 0.254. The molecule has 0 aliphatic carbocycles. The Morgan fingerprint density at radius 1 is 1.03 bits per heavy atom. The van der Waals surface area contributed by atoms with Crippen LogP contribution in [0.15, 0.2) is 59.3 Å². The first-order chi connectivity index (χ1) is 14.4. The van der Waals surface area contributed by atoms with Crippen molar-refractivity contribution in [3.05, 3.63) is 70.5 Å². The van der Waals surface area contributed by atoms with E-state index in [-0.39, 0.29) is 12.2 Å². The zero-order chi connectivity index (χ0) is 21.3. The lowest BCUT2D eigenvalue weighted by Gasteiger charge is -2.17. The number of nitrogens with two attached hydrogens (primary N) is 1. The summed E-state index contributed by atoms with van der Waals surface area (Å²) in [4.78, 5) is 42.8. The van der Waals surface area contributed by atoms with E-state index in [9.17, 15) is 14.4 Å². The molecule has 5 N–H and O–H groups in total. The van der Waals surface area contributed by atoms with E-state index in [0.717, 1.165) is 20.9 Å². The van der Waals surface area contributed by atoms with Crippen molar-refractivity contribution in [2.24, 2.45) is 5.73 Å². The van der Waals surface area contributed by atoms with E-state index in [2.05, 4.69) is 31.2 Å². The van der Waals surface area contributed by atoms with E-state index in [1.807, 2.05) is 30.3 Å². The minimum absolute atomic E-state index is 0.211. The van der Waals surface area contributed by atoms with Crippen LogP contribution in [0.25, 0.3) is 21.8 Å². The number of hydrogen-bond donors (Lipinski definition) is 4. The predicted octanol–water partition coefficient (Wildman–Crippen LogP) is 3.55. The van der Waals surface area contributed by atoms with Crippen LogP contribution in [0.4, 0.5) is 4.79 Å². The Hall–Kier alpha value is -3.59. The van der Waals surface area contributed by atoms with Gasteiger partial charge in [0.15, 0.2) is 0 Å². The van der Waals surface area contributed by atoms with Gasteiger partial charge >= 0.3 is 6.09 Å². The highest BCUT2D eigenvalue weighted by atomic mass is 79.9.